The highest BCUT2D eigenvalue weighted by atomic mass is 35.5. The molecule has 2 aromatic carbocycles. The minimum atomic E-state index is -1.12. The quantitative estimate of drug-likeness (QED) is 0.222. The summed E-state index contributed by atoms with van der Waals surface area (Å²) in [7, 11) is 2.57. The zero-order chi connectivity index (χ0) is 20.7. The highest BCUT2D eigenvalue weighted by Crippen LogP contribution is 2.30. The molecule has 1 N–H and O–H groups in total. The van der Waals surface area contributed by atoms with E-state index in [1.165, 1.54) is 13.3 Å². The van der Waals surface area contributed by atoms with E-state index in [2.05, 4.69) is 10.1 Å². The van der Waals surface area contributed by atoms with Crippen molar-refractivity contribution in [2.24, 2.45) is 0 Å². The Hall–Kier alpha value is -2.61. The number of ether oxygens (including phenoxy) is 3. The van der Waals surface area contributed by atoms with Crippen LogP contribution in [-0.2, 0) is 19.1 Å². The molecule has 2 aromatic rings. The summed E-state index contributed by atoms with van der Waals surface area (Å²) in [5, 5.41) is 2.65. The van der Waals surface area contributed by atoms with Crippen LogP contribution in [0, 0.1) is 5.82 Å². The SMILES string of the molecule is COCOc1ccc(N/C=C(/C(=O)C(=O)OC)c2cc(F)c(Cl)cc2Cl)cc1. The van der Waals surface area contributed by atoms with E-state index in [-0.39, 0.29) is 28.0 Å². The van der Waals surface area contributed by atoms with E-state index >= 15 is 0 Å². The molecular weight excluding hydrogens is 412 g/mol. The minimum absolute atomic E-state index is 0.0000154. The molecule has 0 aliphatic heterocycles. The number of halogens is 3. The van der Waals surface area contributed by atoms with Crippen molar-refractivity contribution in [3.05, 3.63) is 64.0 Å². The Balaban J connectivity index is 2.35. The summed E-state index contributed by atoms with van der Waals surface area (Å²) in [6, 6.07) is 8.81. The topological polar surface area (TPSA) is 73.9 Å². The third-order valence-electron chi connectivity index (χ3n) is 3.50. The molecule has 0 aliphatic rings. The van der Waals surface area contributed by atoms with Crippen molar-refractivity contribution in [2.75, 3.05) is 26.3 Å². The van der Waals surface area contributed by atoms with E-state index in [1.54, 1.807) is 24.3 Å². The van der Waals surface area contributed by atoms with Crippen molar-refractivity contribution in [3.63, 3.8) is 0 Å². The first-order valence-electron chi connectivity index (χ1n) is 7.83. The van der Waals surface area contributed by atoms with Gasteiger partial charge in [-0.3, -0.25) is 4.79 Å². The van der Waals surface area contributed by atoms with E-state index in [9.17, 15) is 14.0 Å². The van der Waals surface area contributed by atoms with E-state index in [0.29, 0.717) is 11.4 Å². The summed E-state index contributed by atoms with van der Waals surface area (Å²) in [5.41, 5.74) is 0.379. The second-order valence-corrected chi connectivity index (χ2v) is 6.16. The molecule has 0 radical (unpaired) electrons. The molecule has 2 rings (SSSR count). The Labute approximate surface area is 170 Å². The Kier molecular flexibility index (Phi) is 7.80. The van der Waals surface area contributed by atoms with Crippen molar-refractivity contribution in [1.82, 2.24) is 0 Å². The van der Waals surface area contributed by atoms with Crippen LogP contribution >= 0.6 is 23.2 Å². The number of carbonyl (C=O) groups excluding carboxylic acids is 2. The summed E-state index contributed by atoms with van der Waals surface area (Å²) in [4.78, 5) is 24.1. The number of nitrogens with one attached hydrogen (secondary N) is 1. The summed E-state index contributed by atoms with van der Waals surface area (Å²) >= 11 is 11.8. The molecule has 0 spiro atoms. The van der Waals surface area contributed by atoms with E-state index in [1.807, 2.05) is 0 Å². The van der Waals surface area contributed by atoms with Gasteiger partial charge in [0.15, 0.2) is 6.79 Å². The van der Waals surface area contributed by atoms with Gasteiger partial charge in [0.2, 0.25) is 0 Å². The lowest BCUT2D eigenvalue weighted by Crippen LogP contribution is -2.18. The predicted molar refractivity (Wildman–Crippen MR) is 104 cm³/mol. The van der Waals surface area contributed by atoms with Gasteiger partial charge in [0.1, 0.15) is 11.6 Å². The van der Waals surface area contributed by atoms with Crippen molar-refractivity contribution < 1.29 is 28.2 Å². The van der Waals surface area contributed by atoms with Crippen LogP contribution in [0.15, 0.2) is 42.6 Å². The number of esters is 1. The molecule has 0 amide bonds. The Morgan fingerprint density at radius 1 is 1.11 bits per heavy atom. The molecule has 0 aliphatic carbocycles. The van der Waals surface area contributed by atoms with Crippen LogP contribution in [0.1, 0.15) is 5.56 Å². The van der Waals surface area contributed by atoms with Gasteiger partial charge in [0, 0.05) is 24.6 Å². The number of rotatable bonds is 8. The summed E-state index contributed by atoms with van der Waals surface area (Å²) in [6.45, 7) is 0.102. The van der Waals surface area contributed by atoms with Crippen LogP contribution in [0.2, 0.25) is 10.0 Å². The van der Waals surface area contributed by atoms with Gasteiger partial charge in [0.25, 0.3) is 5.78 Å². The van der Waals surface area contributed by atoms with Crippen molar-refractivity contribution in [2.45, 2.75) is 0 Å². The minimum Gasteiger partial charge on any atom is -0.468 e. The number of carbonyl (C=O) groups is 2. The van der Waals surface area contributed by atoms with Crippen LogP contribution in [0.4, 0.5) is 10.1 Å². The number of anilines is 1. The molecule has 0 saturated heterocycles. The van der Waals surface area contributed by atoms with Crippen molar-refractivity contribution in [3.8, 4) is 5.75 Å². The average Bonchev–Trinajstić information content (AvgIpc) is 2.70. The van der Waals surface area contributed by atoms with Gasteiger partial charge in [-0.1, -0.05) is 23.2 Å². The molecule has 28 heavy (non-hydrogen) atoms. The third-order valence-corrected chi connectivity index (χ3v) is 4.10. The Morgan fingerprint density at radius 2 is 1.79 bits per heavy atom. The second-order valence-electron chi connectivity index (χ2n) is 5.34. The molecule has 0 unspecified atom stereocenters. The molecule has 0 aromatic heterocycles. The van der Waals surface area contributed by atoms with Gasteiger partial charge in [-0.15, -0.1) is 0 Å². The van der Waals surface area contributed by atoms with Crippen LogP contribution in [0.5, 0.6) is 5.75 Å². The number of Topliss-reactive ketones (excluding diaryl/α,β-unsaturated/α-hetero) is 1. The van der Waals surface area contributed by atoms with Gasteiger partial charge < -0.3 is 19.5 Å². The largest absolute Gasteiger partial charge is 0.468 e. The number of hydrogen-bond donors (Lipinski definition) is 1. The molecular formula is C19H16Cl2FNO5. The van der Waals surface area contributed by atoms with Crippen LogP contribution in [-0.4, -0.2) is 32.8 Å². The fourth-order valence-electron chi connectivity index (χ4n) is 2.13. The predicted octanol–water partition coefficient (Wildman–Crippen LogP) is 4.31. The number of ketones is 1. The molecule has 0 bridgehead atoms. The number of methoxy groups -OCH3 is 2. The first-order valence-corrected chi connectivity index (χ1v) is 8.59. The maximum absolute atomic E-state index is 13.9. The highest BCUT2D eigenvalue weighted by Gasteiger charge is 2.24. The lowest BCUT2D eigenvalue weighted by molar-refractivity contribution is -0.149. The second kappa shape index (κ2) is 10.1. The molecule has 0 fully saturated rings. The molecule has 0 atom stereocenters. The van der Waals surface area contributed by atoms with E-state index in [0.717, 1.165) is 19.2 Å². The lowest BCUT2D eigenvalue weighted by Gasteiger charge is -2.11. The molecule has 0 saturated carbocycles. The van der Waals surface area contributed by atoms with Gasteiger partial charge in [-0.25, -0.2) is 9.18 Å². The fraction of sp³-hybridized carbons (Fsp3) is 0.158. The average molecular weight is 428 g/mol. The molecule has 6 nitrogen and oxygen atoms in total. The normalized spacial score (nSPS) is 11.1. The Morgan fingerprint density at radius 3 is 2.39 bits per heavy atom. The fourth-order valence-corrected chi connectivity index (χ4v) is 2.61. The standard InChI is InChI=1S/C19H16Cl2FNO5/c1-26-10-28-12-5-3-11(4-6-12)23-9-14(18(24)19(25)27-2)13-7-17(22)16(21)8-15(13)20/h3-9,23H,10H2,1-2H3/b14-9+. The maximum atomic E-state index is 13.9. The van der Waals surface area contributed by atoms with Crippen LogP contribution in [0.3, 0.4) is 0 Å². The zero-order valence-electron chi connectivity index (χ0n) is 14.9. The monoisotopic (exact) mass is 427 g/mol. The summed E-state index contributed by atoms with van der Waals surface area (Å²) < 4.78 is 28.4. The summed E-state index contributed by atoms with van der Waals surface area (Å²) in [6.07, 6.45) is 1.23. The first kappa shape index (κ1) is 21.7. The van der Waals surface area contributed by atoms with Gasteiger partial charge in [-0.05, 0) is 36.4 Å². The molecule has 9 heteroatoms. The maximum Gasteiger partial charge on any atom is 0.379 e. The van der Waals surface area contributed by atoms with Gasteiger partial charge in [-0.2, -0.15) is 0 Å². The lowest BCUT2D eigenvalue weighted by atomic mass is 10.0. The first-order chi connectivity index (χ1) is 13.4. The summed E-state index contributed by atoms with van der Waals surface area (Å²) in [5.74, 6) is -2.34. The molecule has 148 valence electrons. The van der Waals surface area contributed by atoms with Crippen molar-refractivity contribution in [1.29, 1.82) is 0 Å². The Bertz CT molecular complexity index is 900. The third kappa shape index (κ3) is 5.45. The van der Waals surface area contributed by atoms with Crippen molar-refractivity contribution >= 4 is 46.2 Å². The smallest absolute Gasteiger partial charge is 0.379 e. The number of hydrogen-bond acceptors (Lipinski definition) is 6. The number of benzene rings is 2. The van der Waals surface area contributed by atoms with Gasteiger partial charge in [0.05, 0.1) is 22.7 Å². The van der Waals surface area contributed by atoms with E-state index < -0.39 is 17.6 Å². The highest BCUT2D eigenvalue weighted by molar-refractivity contribution is 6.53. The van der Waals surface area contributed by atoms with Crippen LogP contribution < -0.4 is 10.1 Å². The van der Waals surface area contributed by atoms with Crippen LogP contribution in [0.25, 0.3) is 5.57 Å². The van der Waals surface area contributed by atoms with E-state index in [4.69, 9.17) is 32.7 Å². The van der Waals surface area contributed by atoms with Gasteiger partial charge >= 0.3 is 5.97 Å². The zero-order valence-corrected chi connectivity index (χ0v) is 16.4. The molecule has 0 heterocycles.